The molecule has 0 aliphatic heterocycles. The fraction of sp³-hybridized carbons (Fsp3) is 0.462. The normalized spacial score (nSPS) is 10.4. The summed E-state index contributed by atoms with van der Waals surface area (Å²) < 4.78 is 22.0. The number of carbonyl (C=O) groups excluding carboxylic acids is 2. The molecule has 8 heteroatoms. The second-order valence-electron chi connectivity index (χ2n) is 7.72. The van der Waals surface area contributed by atoms with Crippen LogP contribution in [0.4, 0.5) is 0 Å². The second-order valence-corrected chi connectivity index (χ2v) is 7.72. The Hall–Kier alpha value is -3.42. The highest BCUT2D eigenvalue weighted by atomic mass is 16.5. The lowest BCUT2D eigenvalue weighted by atomic mass is 10.2. The molecule has 0 aliphatic carbocycles. The minimum Gasteiger partial charge on any atom is -0.493 e. The van der Waals surface area contributed by atoms with Crippen LogP contribution in [0.5, 0.6) is 23.0 Å². The number of hydrogen-bond donors (Lipinski definition) is 2. The van der Waals surface area contributed by atoms with E-state index in [1.165, 1.54) is 0 Å². The van der Waals surface area contributed by atoms with Gasteiger partial charge in [0.05, 0.1) is 27.4 Å². The van der Waals surface area contributed by atoms with E-state index in [2.05, 4.69) is 10.6 Å². The Morgan fingerprint density at radius 2 is 1.09 bits per heavy atom. The molecular formula is C26H36N2O6. The molecule has 2 rings (SSSR count). The van der Waals surface area contributed by atoms with E-state index >= 15 is 0 Å². The summed E-state index contributed by atoms with van der Waals surface area (Å²) in [5, 5.41) is 5.67. The van der Waals surface area contributed by atoms with Gasteiger partial charge in [-0.2, -0.15) is 0 Å². The number of nitrogens with one attached hydrogen (secondary N) is 2. The molecule has 0 spiro atoms. The molecular weight excluding hydrogens is 436 g/mol. The molecule has 8 nitrogen and oxygen atoms in total. The van der Waals surface area contributed by atoms with Gasteiger partial charge in [-0.1, -0.05) is 26.0 Å². The van der Waals surface area contributed by atoms with Gasteiger partial charge in [0.1, 0.15) is 0 Å². The van der Waals surface area contributed by atoms with E-state index in [1.54, 1.807) is 14.2 Å². The van der Waals surface area contributed by atoms with Crippen LogP contribution < -0.4 is 29.6 Å². The van der Waals surface area contributed by atoms with Crippen LogP contribution in [0.15, 0.2) is 36.4 Å². The molecule has 0 aromatic heterocycles. The molecule has 0 fully saturated rings. The van der Waals surface area contributed by atoms with Crippen LogP contribution in [0.1, 0.15) is 50.7 Å². The van der Waals surface area contributed by atoms with E-state index in [0.717, 1.165) is 24.0 Å². The Morgan fingerprint density at radius 1 is 0.676 bits per heavy atom. The summed E-state index contributed by atoms with van der Waals surface area (Å²) in [6, 6.07) is 11.1. The van der Waals surface area contributed by atoms with Crippen LogP contribution in [0, 0.1) is 0 Å². The fourth-order valence-electron chi connectivity index (χ4n) is 3.11. The Kier molecular flexibility index (Phi) is 11.6. The molecule has 0 aliphatic rings. The molecule has 0 bridgehead atoms. The Balaban J connectivity index is 1.75. The lowest BCUT2D eigenvalue weighted by molar-refractivity contribution is -0.126. The Labute approximate surface area is 201 Å². The van der Waals surface area contributed by atoms with Crippen molar-refractivity contribution in [2.75, 3.05) is 27.4 Å². The monoisotopic (exact) mass is 472 g/mol. The topological polar surface area (TPSA) is 95.1 Å². The van der Waals surface area contributed by atoms with Gasteiger partial charge >= 0.3 is 0 Å². The van der Waals surface area contributed by atoms with E-state index in [-0.39, 0.29) is 24.7 Å². The SMILES string of the molecule is CCCOc1ccc(CNC(=O)CCC(=O)NCc2ccc(OCCC)c(OC)c2)cc1OC. The highest BCUT2D eigenvalue weighted by Crippen LogP contribution is 2.29. The van der Waals surface area contributed by atoms with Crippen LogP contribution in [-0.2, 0) is 22.7 Å². The highest BCUT2D eigenvalue weighted by molar-refractivity contribution is 5.83. The van der Waals surface area contributed by atoms with Gasteiger partial charge in [0.15, 0.2) is 23.0 Å². The molecule has 2 aromatic rings. The van der Waals surface area contributed by atoms with Crippen LogP contribution >= 0.6 is 0 Å². The summed E-state index contributed by atoms with van der Waals surface area (Å²) in [6.45, 7) is 5.99. The number of ether oxygens (including phenoxy) is 4. The van der Waals surface area contributed by atoms with E-state index < -0.39 is 0 Å². The maximum atomic E-state index is 12.2. The smallest absolute Gasteiger partial charge is 0.220 e. The third-order valence-corrected chi connectivity index (χ3v) is 4.94. The lowest BCUT2D eigenvalue weighted by Crippen LogP contribution is -2.27. The van der Waals surface area contributed by atoms with E-state index in [9.17, 15) is 9.59 Å². The van der Waals surface area contributed by atoms with Crippen molar-refractivity contribution in [3.05, 3.63) is 47.5 Å². The van der Waals surface area contributed by atoms with Gasteiger partial charge in [-0.05, 0) is 48.2 Å². The second kappa shape index (κ2) is 14.7. The first-order valence-corrected chi connectivity index (χ1v) is 11.6. The number of amides is 2. The fourth-order valence-corrected chi connectivity index (χ4v) is 3.11. The molecule has 2 aromatic carbocycles. The van der Waals surface area contributed by atoms with Gasteiger partial charge in [-0.15, -0.1) is 0 Å². The molecule has 34 heavy (non-hydrogen) atoms. The Morgan fingerprint density at radius 3 is 1.44 bits per heavy atom. The zero-order valence-electron chi connectivity index (χ0n) is 20.6. The van der Waals surface area contributed by atoms with Crippen molar-refractivity contribution in [2.45, 2.75) is 52.6 Å². The summed E-state index contributed by atoms with van der Waals surface area (Å²) >= 11 is 0. The molecule has 2 N–H and O–H groups in total. The van der Waals surface area contributed by atoms with Gasteiger partial charge in [-0.3, -0.25) is 9.59 Å². The lowest BCUT2D eigenvalue weighted by Gasteiger charge is -2.13. The van der Waals surface area contributed by atoms with Crippen LogP contribution in [0.25, 0.3) is 0 Å². The average molecular weight is 473 g/mol. The predicted octanol–water partition coefficient (Wildman–Crippen LogP) is 3.99. The van der Waals surface area contributed by atoms with Crippen LogP contribution in [0.2, 0.25) is 0 Å². The van der Waals surface area contributed by atoms with Gasteiger partial charge in [0.2, 0.25) is 11.8 Å². The van der Waals surface area contributed by atoms with Crippen molar-refractivity contribution >= 4 is 11.8 Å². The molecule has 186 valence electrons. The van der Waals surface area contributed by atoms with Crippen molar-refractivity contribution in [1.29, 1.82) is 0 Å². The molecule has 0 atom stereocenters. The zero-order chi connectivity index (χ0) is 24.8. The van der Waals surface area contributed by atoms with Crippen LogP contribution in [-0.4, -0.2) is 39.2 Å². The summed E-state index contributed by atoms with van der Waals surface area (Å²) in [4.78, 5) is 24.4. The van der Waals surface area contributed by atoms with Crippen molar-refractivity contribution in [3.63, 3.8) is 0 Å². The number of carbonyl (C=O) groups is 2. The van der Waals surface area contributed by atoms with E-state index in [4.69, 9.17) is 18.9 Å². The average Bonchev–Trinajstić information content (AvgIpc) is 2.87. The Bertz CT molecular complexity index is 856. The largest absolute Gasteiger partial charge is 0.493 e. The van der Waals surface area contributed by atoms with E-state index in [0.29, 0.717) is 49.3 Å². The zero-order valence-corrected chi connectivity index (χ0v) is 20.6. The molecule has 0 unspecified atom stereocenters. The van der Waals surface area contributed by atoms with Crippen molar-refractivity contribution in [3.8, 4) is 23.0 Å². The van der Waals surface area contributed by atoms with E-state index in [1.807, 2.05) is 50.2 Å². The first kappa shape index (κ1) is 26.8. The van der Waals surface area contributed by atoms with Gasteiger partial charge < -0.3 is 29.6 Å². The summed E-state index contributed by atoms with van der Waals surface area (Å²) in [7, 11) is 3.17. The predicted molar refractivity (Wildman–Crippen MR) is 130 cm³/mol. The number of hydrogen-bond acceptors (Lipinski definition) is 6. The molecule has 0 heterocycles. The third kappa shape index (κ3) is 8.84. The first-order valence-electron chi connectivity index (χ1n) is 11.6. The molecule has 2 amide bonds. The highest BCUT2D eigenvalue weighted by Gasteiger charge is 2.10. The number of methoxy groups -OCH3 is 2. The summed E-state index contributed by atoms with van der Waals surface area (Å²) in [6.07, 6.45) is 2.02. The minimum atomic E-state index is -0.195. The van der Waals surface area contributed by atoms with Gasteiger partial charge in [0, 0.05) is 25.9 Å². The van der Waals surface area contributed by atoms with Crippen molar-refractivity contribution in [1.82, 2.24) is 10.6 Å². The van der Waals surface area contributed by atoms with Crippen molar-refractivity contribution < 1.29 is 28.5 Å². The number of benzene rings is 2. The van der Waals surface area contributed by atoms with Gasteiger partial charge in [0.25, 0.3) is 0 Å². The molecule has 0 radical (unpaired) electrons. The number of rotatable bonds is 15. The first-order chi connectivity index (χ1) is 16.5. The quantitative estimate of drug-likeness (QED) is 0.407. The van der Waals surface area contributed by atoms with Crippen molar-refractivity contribution in [2.24, 2.45) is 0 Å². The standard InChI is InChI=1S/C26H36N2O6/c1-5-13-33-21-9-7-19(15-23(21)31-3)17-27-25(29)11-12-26(30)28-18-20-8-10-22(34-14-6-2)24(16-20)32-4/h7-10,15-16H,5-6,11-14,17-18H2,1-4H3,(H,27,29)(H,28,30). The summed E-state index contributed by atoms with van der Waals surface area (Å²) in [5.41, 5.74) is 1.78. The van der Waals surface area contributed by atoms with Crippen LogP contribution in [0.3, 0.4) is 0 Å². The molecule has 0 saturated heterocycles. The molecule has 0 saturated carbocycles. The maximum Gasteiger partial charge on any atom is 0.220 e. The van der Waals surface area contributed by atoms with Gasteiger partial charge in [-0.25, -0.2) is 0 Å². The minimum absolute atomic E-state index is 0.105. The maximum absolute atomic E-state index is 12.2. The summed E-state index contributed by atoms with van der Waals surface area (Å²) in [5.74, 6) is 2.22. The third-order valence-electron chi connectivity index (χ3n) is 4.94.